The maximum absolute atomic E-state index is 11.5. The lowest BCUT2D eigenvalue weighted by molar-refractivity contribution is 0.0949. The van der Waals surface area contributed by atoms with E-state index in [9.17, 15) is 4.79 Å². The number of aliphatic hydroxyl groups is 1. The summed E-state index contributed by atoms with van der Waals surface area (Å²) in [4.78, 5) is 17.7. The summed E-state index contributed by atoms with van der Waals surface area (Å²) in [6.45, 7) is 0.123. The van der Waals surface area contributed by atoms with E-state index in [2.05, 4.69) is 10.3 Å². The molecule has 84 valence electrons. The lowest BCUT2D eigenvalue weighted by Gasteiger charge is -2.04. The van der Waals surface area contributed by atoms with Crippen LogP contribution in [0.25, 0.3) is 0 Å². The molecule has 1 aromatic rings. The highest BCUT2D eigenvalue weighted by Crippen LogP contribution is 2.26. The number of rotatable bonds is 4. The van der Waals surface area contributed by atoms with E-state index >= 15 is 0 Å². The van der Waals surface area contributed by atoms with Crippen molar-refractivity contribution in [1.82, 2.24) is 10.3 Å². The van der Waals surface area contributed by atoms with Crippen LogP contribution in [0.5, 0.6) is 0 Å². The van der Waals surface area contributed by atoms with Crippen LogP contribution in [0, 0.1) is 0 Å². The van der Waals surface area contributed by atoms with Gasteiger partial charge < -0.3 is 21.1 Å². The van der Waals surface area contributed by atoms with Gasteiger partial charge in [-0.3, -0.25) is 4.79 Å². The number of carbonyl (C=O) groups is 1. The van der Waals surface area contributed by atoms with Gasteiger partial charge in [0.05, 0.1) is 6.61 Å². The minimum atomic E-state index is -0.299. The van der Waals surface area contributed by atoms with Gasteiger partial charge in [-0.25, -0.2) is 4.98 Å². The molecule has 1 heterocycles. The van der Waals surface area contributed by atoms with Crippen LogP contribution < -0.4 is 16.0 Å². The van der Waals surface area contributed by atoms with E-state index in [0.717, 1.165) is 0 Å². The molecule has 1 rings (SSSR count). The molecular formula is C8H14N4O2S. The molecule has 0 spiro atoms. The minimum absolute atomic E-state index is 0.0923. The highest BCUT2D eigenvalue weighted by molar-refractivity contribution is 7.18. The number of thiazole rings is 1. The van der Waals surface area contributed by atoms with Gasteiger partial charge in [-0.1, -0.05) is 11.3 Å². The molecule has 4 N–H and O–H groups in total. The first-order valence-electron chi connectivity index (χ1n) is 4.39. The Hall–Kier alpha value is -1.34. The predicted molar refractivity (Wildman–Crippen MR) is 60.3 cm³/mol. The van der Waals surface area contributed by atoms with Crippen molar-refractivity contribution in [3.8, 4) is 0 Å². The Bertz CT molecular complexity index is 350. The number of nitrogen functional groups attached to an aromatic ring is 1. The molecule has 0 atom stereocenters. The average molecular weight is 230 g/mol. The van der Waals surface area contributed by atoms with E-state index in [0.29, 0.717) is 10.0 Å². The van der Waals surface area contributed by atoms with Crippen LogP contribution in [0.15, 0.2) is 0 Å². The third-order valence-electron chi connectivity index (χ3n) is 1.63. The zero-order valence-electron chi connectivity index (χ0n) is 8.65. The second-order valence-electron chi connectivity index (χ2n) is 3.08. The summed E-state index contributed by atoms with van der Waals surface area (Å²) in [5, 5.41) is 11.8. The summed E-state index contributed by atoms with van der Waals surface area (Å²) in [6.07, 6.45) is 0. The SMILES string of the molecule is CN(C)c1nc(N)c(C(=O)NCCO)s1. The van der Waals surface area contributed by atoms with Gasteiger partial charge >= 0.3 is 0 Å². The molecule has 0 unspecified atom stereocenters. The molecule has 0 radical (unpaired) electrons. The van der Waals surface area contributed by atoms with Crippen LogP contribution in [0.4, 0.5) is 10.9 Å². The normalized spacial score (nSPS) is 10.1. The van der Waals surface area contributed by atoms with Crippen molar-refractivity contribution >= 4 is 28.2 Å². The third-order valence-corrected chi connectivity index (χ3v) is 2.87. The van der Waals surface area contributed by atoms with Crippen LogP contribution in [0.2, 0.25) is 0 Å². The zero-order chi connectivity index (χ0) is 11.4. The Labute approximate surface area is 91.7 Å². The van der Waals surface area contributed by atoms with Crippen molar-refractivity contribution in [1.29, 1.82) is 0 Å². The van der Waals surface area contributed by atoms with Gasteiger partial charge in [-0.05, 0) is 0 Å². The highest BCUT2D eigenvalue weighted by atomic mass is 32.1. The number of anilines is 2. The fraction of sp³-hybridized carbons (Fsp3) is 0.500. The first-order chi connectivity index (χ1) is 7.06. The van der Waals surface area contributed by atoms with Crippen molar-refractivity contribution in [2.45, 2.75) is 0 Å². The lowest BCUT2D eigenvalue weighted by atomic mass is 10.4. The standard InChI is InChI=1S/C8H14N4O2S/c1-12(2)8-11-6(9)5(15-8)7(14)10-3-4-13/h13H,3-4,9H2,1-2H3,(H,10,14). The molecule has 1 aromatic heterocycles. The van der Waals surface area contributed by atoms with Crippen LogP contribution in [-0.4, -0.2) is 43.2 Å². The van der Waals surface area contributed by atoms with Gasteiger partial charge in [-0.15, -0.1) is 0 Å². The van der Waals surface area contributed by atoms with Crippen LogP contribution in [0.3, 0.4) is 0 Å². The average Bonchev–Trinajstić information content (AvgIpc) is 2.57. The van der Waals surface area contributed by atoms with Crippen LogP contribution in [0.1, 0.15) is 9.67 Å². The number of nitrogens with one attached hydrogen (secondary N) is 1. The second-order valence-corrected chi connectivity index (χ2v) is 4.06. The number of nitrogens with two attached hydrogens (primary N) is 1. The van der Waals surface area contributed by atoms with Crippen molar-refractivity contribution < 1.29 is 9.90 Å². The Balaban J connectivity index is 2.80. The summed E-state index contributed by atoms with van der Waals surface area (Å²) < 4.78 is 0. The molecule has 0 fully saturated rings. The minimum Gasteiger partial charge on any atom is -0.395 e. The van der Waals surface area contributed by atoms with Gasteiger partial charge in [0.1, 0.15) is 10.7 Å². The first kappa shape index (κ1) is 11.7. The quantitative estimate of drug-likeness (QED) is 0.649. The molecule has 7 heteroatoms. The van der Waals surface area contributed by atoms with Gasteiger partial charge in [0.2, 0.25) is 0 Å². The van der Waals surface area contributed by atoms with E-state index < -0.39 is 0 Å². The Morgan fingerprint density at radius 3 is 2.80 bits per heavy atom. The number of carbonyl (C=O) groups excluding carboxylic acids is 1. The molecule has 0 aliphatic rings. The molecule has 0 aromatic carbocycles. The first-order valence-corrected chi connectivity index (χ1v) is 5.20. The maximum atomic E-state index is 11.5. The molecule has 15 heavy (non-hydrogen) atoms. The summed E-state index contributed by atoms with van der Waals surface area (Å²) in [5.74, 6) is -0.0775. The molecule has 6 nitrogen and oxygen atoms in total. The van der Waals surface area contributed by atoms with E-state index in [1.54, 1.807) is 4.90 Å². The Morgan fingerprint density at radius 2 is 2.33 bits per heavy atom. The number of hydrogen-bond acceptors (Lipinski definition) is 6. The van der Waals surface area contributed by atoms with Crippen LogP contribution >= 0.6 is 11.3 Å². The fourth-order valence-electron chi connectivity index (χ4n) is 0.924. The van der Waals surface area contributed by atoms with Crippen molar-refractivity contribution in [2.75, 3.05) is 37.9 Å². The topological polar surface area (TPSA) is 91.5 Å². The van der Waals surface area contributed by atoms with Gasteiger partial charge in [0.15, 0.2) is 5.13 Å². The summed E-state index contributed by atoms with van der Waals surface area (Å²) in [7, 11) is 3.65. The predicted octanol–water partition coefficient (Wildman–Crippen LogP) is -0.487. The largest absolute Gasteiger partial charge is 0.395 e. The molecule has 0 saturated heterocycles. The molecule has 0 saturated carbocycles. The number of aliphatic hydroxyl groups excluding tert-OH is 1. The highest BCUT2D eigenvalue weighted by Gasteiger charge is 2.16. The van der Waals surface area contributed by atoms with Crippen molar-refractivity contribution in [2.24, 2.45) is 0 Å². The van der Waals surface area contributed by atoms with Gasteiger partial charge in [0, 0.05) is 20.6 Å². The van der Waals surface area contributed by atoms with Gasteiger partial charge in [0.25, 0.3) is 5.91 Å². The molecule has 0 aliphatic heterocycles. The number of hydrogen-bond donors (Lipinski definition) is 3. The summed E-state index contributed by atoms with van der Waals surface area (Å²) >= 11 is 1.22. The Morgan fingerprint density at radius 1 is 1.67 bits per heavy atom. The zero-order valence-corrected chi connectivity index (χ0v) is 9.47. The van der Waals surface area contributed by atoms with E-state index in [-0.39, 0.29) is 24.9 Å². The second kappa shape index (κ2) is 4.94. The maximum Gasteiger partial charge on any atom is 0.265 e. The number of amides is 1. The monoisotopic (exact) mass is 230 g/mol. The number of nitrogens with zero attached hydrogens (tertiary/aromatic N) is 2. The molecule has 0 bridgehead atoms. The van der Waals surface area contributed by atoms with E-state index in [4.69, 9.17) is 10.8 Å². The molecule has 0 aliphatic carbocycles. The summed E-state index contributed by atoms with van der Waals surface area (Å²) in [6, 6.07) is 0. The number of aromatic nitrogens is 1. The fourth-order valence-corrected chi connectivity index (χ4v) is 1.75. The van der Waals surface area contributed by atoms with Crippen LogP contribution in [-0.2, 0) is 0 Å². The smallest absolute Gasteiger partial charge is 0.265 e. The lowest BCUT2D eigenvalue weighted by Crippen LogP contribution is -2.26. The van der Waals surface area contributed by atoms with Crippen molar-refractivity contribution in [3.05, 3.63) is 4.88 Å². The van der Waals surface area contributed by atoms with Crippen molar-refractivity contribution in [3.63, 3.8) is 0 Å². The molecule has 1 amide bonds. The third kappa shape index (κ3) is 2.80. The van der Waals surface area contributed by atoms with E-state index in [1.165, 1.54) is 11.3 Å². The Kier molecular flexibility index (Phi) is 3.87. The molecular weight excluding hydrogens is 216 g/mol. The van der Waals surface area contributed by atoms with Gasteiger partial charge in [-0.2, -0.15) is 0 Å². The van der Waals surface area contributed by atoms with E-state index in [1.807, 2.05) is 14.1 Å². The summed E-state index contributed by atoms with van der Waals surface area (Å²) in [5.41, 5.74) is 5.60.